The Morgan fingerprint density at radius 2 is 1.82 bits per heavy atom. The van der Waals surface area contributed by atoms with Crippen LogP contribution in [-0.4, -0.2) is 19.6 Å². The molecule has 17 heavy (non-hydrogen) atoms. The van der Waals surface area contributed by atoms with Crippen molar-refractivity contribution in [1.82, 2.24) is 5.32 Å². The van der Waals surface area contributed by atoms with Crippen LogP contribution in [0.4, 0.5) is 5.69 Å². The standard InChI is InChI=1S/C15H26N2/c1-5-10-16-12-14-8-9-15(13(4)11-14)17(6-2)7-3/h8-9,11,16H,5-7,10,12H2,1-4H3. The fourth-order valence-electron chi connectivity index (χ4n) is 2.16. The molecule has 0 atom stereocenters. The number of aryl methyl sites for hydroxylation is 1. The Labute approximate surface area is 106 Å². The molecule has 96 valence electrons. The summed E-state index contributed by atoms with van der Waals surface area (Å²) < 4.78 is 0. The predicted molar refractivity (Wildman–Crippen MR) is 76.7 cm³/mol. The molecule has 0 heterocycles. The molecule has 2 heteroatoms. The molecule has 0 aromatic heterocycles. The van der Waals surface area contributed by atoms with Gasteiger partial charge in [-0.05, 0) is 50.9 Å². The van der Waals surface area contributed by atoms with Crippen molar-refractivity contribution in [2.45, 2.75) is 40.7 Å². The fraction of sp³-hybridized carbons (Fsp3) is 0.600. The zero-order chi connectivity index (χ0) is 12.7. The summed E-state index contributed by atoms with van der Waals surface area (Å²) in [7, 11) is 0. The van der Waals surface area contributed by atoms with E-state index in [9.17, 15) is 0 Å². The lowest BCUT2D eigenvalue weighted by molar-refractivity contribution is 0.675. The van der Waals surface area contributed by atoms with E-state index in [-0.39, 0.29) is 0 Å². The van der Waals surface area contributed by atoms with Gasteiger partial charge < -0.3 is 10.2 Å². The number of hydrogen-bond donors (Lipinski definition) is 1. The normalized spacial score (nSPS) is 10.6. The number of nitrogens with zero attached hydrogens (tertiary/aromatic N) is 1. The minimum absolute atomic E-state index is 0.979. The van der Waals surface area contributed by atoms with Crippen molar-refractivity contribution in [3.63, 3.8) is 0 Å². The Balaban J connectivity index is 2.71. The summed E-state index contributed by atoms with van der Waals surface area (Å²) in [6.07, 6.45) is 1.19. The molecule has 0 radical (unpaired) electrons. The van der Waals surface area contributed by atoms with Gasteiger partial charge in [0.05, 0.1) is 0 Å². The molecule has 0 aliphatic heterocycles. The molecule has 0 fully saturated rings. The second kappa shape index (κ2) is 7.33. The summed E-state index contributed by atoms with van der Waals surface area (Å²) in [6.45, 7) is 13.0. The van der Waals surface area contributed by atoms with Crippen LogP contribution in [0.2, 0.25) is 0 Å². The zero-order valence-corrected chi connectivity index (χ0v) is 11.7. The molecule has 2 nitrogen and oxygen atoms in total. The highest BCUT2D eigenvalue weighted by Gasteiger charge is 2.05. The van der Waals surface area contributed by atoms with Gasteiger partial charge in [-0.3, -0.25) is 0 Å². The largest absolute Gasteiger partial charge is 0.372 e. The van der Waals surface area contributed by atoms with Gasteiger partial charge in [0.2, 0.25) is 0 Å². The van der Waals surface area contributed by atoms with Gasteiger partial charge in [-0.1, -0.05) is 19.1 Å². The van der Waals surface area contributed by atoms with E-state index in [1.54, 1.807) is 0 Å². The first-order valence-corrected chi connectivity index (χ1v) is 6.78. The number of benzene rings is 1. The molecule has 1 aromatic carbocycles. The van der Waals surface area contributed by atoms with Crippen molar-refractivity contribution in [2.75, 3.05) is 24.5 Å². The minimum atomic E-state index is 0.979. The summed E-state index contributed by atoms with van der Waals surface area (Å²) in [5, 5.41) is 3.44. The van der Waals surface area contributed by atoms with Crippen molar-refractivity contribution >= 4 is 5.69 Å². The lowest BCUT2D eigenvalue weighted by Crippen LogP contribution is -2.23. The van der Waals surface area contributed by atoms with Crippen LogP contribution in [0, 0.1) is 6.92 Å². The Morgan fingerprint density at radius 3 is 2.35 bits per heavy atom. The molecule has 0 spiro atoms. The Hall–Kier alpha value is -1.02. The smallest absolute Gasteiger partial charge is 0.0395 e. The highest BCUT2D eigenvalue weighted by Crippen LogP contribution is 2.20. The number of hydrogen-bond acceptors (Lipinski definition) is 2. The third kappa shape index (κ3) is 4.04. The van der Waals surface area contributed by atoms with Crippen molar-refractivity contribution in [2.24, 2.45) is 0 Å². The number of nitrogens with one attached hydrogen (secondary N) is 1. The van der Waals surface area contributed by atoms with E-state index in [0.29, 0.717) is 0 Å². The summed E-state index contributed by atoms with van der Waals surface area (Å²) in [6, 6.07) is 6.80. The molecular weight excluding hydrogens is 208 g/mol. The predicted octanol–water partition coefficient (Wildman–Crippen LogP) is 3.34. The van der Waals surface area contributed by atoms with Crippen LogP contribution in [0.15, 0.2) is 18.2 Å². The Bertz CT molecular complexity index is 330. The first-order chi connectivity index (χ1) is 8.22. The summed E-state index contributed by atoms with van der Waals surface area (Å²) in [5.74, 6) is 0. The molecule has 1 aromatic rings. The minimum Gasteiger partial charge on any atom is -0.372 e. The topological polar surface area (TPSA) is 15.3 Å². The fourth-order valence-corrected chi connectivity index (χ4v) is 2.16. The van der Waals surface area contributed by atoms with E-state index in [4.69, 9.17) is 0 Å². The van der Waals surface area contributed by atoms with E-state index >= 15 is 0 Å². The molecule has 0 aliphatic rings. The Kier molecular flexibility index (Phi) is 6.06. The molecule has 1 N–H and O–H groups in total. The summed E-state index contributed by atoms with van der Waals surface area (Å²) in [4.78, 5) is 2.40. The third-order valence-electron chi connectivity index (χ3n) is 3.12. The van der Waals surface area contributed by atoms with Crippen LogP contribution in [0.25, 0.3) is 0 Å². The average molecular weight is 234 g/mol. The van der Waals surface area contributed by atoms with Gasteiger partial charge in [-0.25, -0.2) is 0 Å². The molecular formula is C15H26N2. The van der Waals surface area contributed by atoms with Crippen molar-refractivity contribution < 1.29 is 0 Å². The van der Waals surface area contributed by atoms with Crippen molar-refractivity contribution in [3.8, 4) is 0 Å². The van der Waals surface area contributed by atoms with Crippen LogP contribution < -0.4 is 10.2 Å². The number of anilines is 1. The van der Waals surface area contributed by atoms with Crippen LogP contribution in [0.1, 0.15) is 38.3 Å². The van der Waals surface area contributed by atoms with Gasteiger partial charge in [0.15, 0.2) is 0 Å². The summed E-state index contributed by atoms with van der Waals surface area (Å²) >= 11 is 0. The molecule has 1 rings (SSSR count). The monoisotopic (exact) mass is 234 g/mol. The van der Waals surface area contributed by atoms with Gasteiger partial charge >= 0.3 is 0 Å². The van der Waals surface area contributed by atoms with Crippen molar-refractivity contribution in [3.05, 3.63) is 29.3 Å². The van der Waals surface area contributed by atoms with Gasteiger partial charge in [-0.2, -0.15) is 0 Å². The van der Waals surface area contributed by atoms with Gasteiger partial charge in [-0.15, -0.1) is 0 Å². The Morgan fingerprint density at radius 1 is 1.12 bits per heavy atom. The first-order valence-electron chi connectivity index (χ1n) is 6.78. The van der Waals surface area contributed by atoms with Gasteiger partial charge in [0.25, 0.3) is 0 Å². The van der Waals surface area contributed by atoms with E-state index in [1.807, 2.05) is 0 Å². The molecule has 0 amide bonds. The van der Waals surface area contributed by atoms with E-state index in [0.717, 1.165) is 26.2 Å². The lowest BCUT2D eigenvalue weighted by atomic mass is 10.1. The average Bonchev–Trinajstić information content (AvgIpc) is 2.33. The molecule has 0 unspecified atom stereocenters. The quantitative estimate of drug-likeness (QED) is 0.728. The van der Waals surface area contributed by atoms with E-state index < -0.39 is 0 Å². The SMILES string of the molecule is CCCNCc1ccc(N(CC)CC)c(C)c1. The van der Waals surface area contributed by atoms with Crippen molar-refractivity contribution in [1.29, 1.82) is 0 Å². The highest BCUT2D eigenvalue weighted by molar-refractivity contribution is 5.54. The summed E-state index contributed by atoms with van der Waals surface area (Å²) in [5.41, 5.74) is 4.13. The maximum absolute atomic E-state index is 3.44. The first kappa shape index (κ1) is 14.0. The van der Waals surface area contributed by atoms with Crippen LogP contribution in [-0.2, 0) is 6.54 Å². The molecule has 0 bridgehead atoms. The second-order valence-corrected chi connectivity index (χ2v) is 4.47. The molecule has 0 aliphatic carbocycles. The highest BCUT2D eigenvalue weighted by atomic mass is 15.1. The van der Waals surface area contributed by atoms with Gasteiger partial charge in [0.1, 0.15) is 0 Å². The lowest BCUT2D eigenvalue weighted by Gasteiger charge is -2.23. The number of rotatable bonds is 7. The van der Waals surface area contributed by atoms with Crippen LogP contribution in [0.5, 0.6) is 0 Å². The van der Waals surface area contributed by atoms with Crippen LogP contribution in [0.3, 0.4) is 0 Å². The maximum atomic E-state index is 3.44. The van der Waals surface area contributed by atoms with E-state index in [1.165, 1.54) is 23.2 Å². The maximum Gasteiger partial charge on any atom is 0.0395 e. The third-order valence-corrected chi connectivity index (χ3v) is 3.12. The zero-order valence-electron chi connectivity index (χ0n) is 11.7. The van der Waals surface area contributed by atoms with E-state index in [2.05, 4.69) is 56.1 Å². The molecule has 0 saturated heterocycles. The molecule has 0 saturated carbocycles. The second-order valence-electron chi connectivity index (χ2n) is 4.47. The van der Waals surface area contributed by atoms with Crippen LogP contribution >= 0.6 is 0 Å². The van der Waals surface area contributed by atoms with Gasteiger partial charge in [0, 0.05) is 25.3 Å².